The van der Waals surface area contributed by atoms with Gasteiger partial charge in [-0.05, 0) is 6.42 Å². The Hall–Kier alpha value is -1.30. The molecule has 0 aromatic heterocycles. The summed E-state index contributed by atoms with van der Waals surface area (Å²) in [6.07, 6.45) is 2.67. The highest BCUT2D eigenvalue weighted by atomic mass is 13.6. The van der Waals surface area contributed by atoms with E-state index in [1.54, 1.807) is 0 Å². The Labute approximate surface area is 100 Å². The Balaban J connectivity index is -0.0000000168. The van der Waals surface area contributed by atoms with Gasteiger partial charge < -0.3 is 6.92 Å². The Kier molecular flexibility index (Phi) is 1490. The van der Waals surface area contributed by atoms with E-state index >= 15 is 0 Å². The third-order valence-electron chi connectivity index (χ3n) is 0.250. The largest absolute Gasteiger partial charge is 0.339 e. The first-order chi connectivity index (χ1) is 7.33. The average Bonchev–Trinajstić information content (AvgIpc) is 2.39. The van der Waals surface area contributed by atoms with Gasteiger partial charge in [0.15, 0.2) is 0 Å². The van der Waals surface area contributed by atoms with E-state index in [0.29, 0.717) is 0 Å². The number of hydrogen-bond acceptors (Lipinski definition) is 0. The SMILES string of the molecule is C=C.C=C.C=C.C=C.[CH2+]CC[CH2-].[CH2+]C[CH2-]. The van der Waals surface area contributed by atoms with Crippen LogP contribution in [0.3, 0.4) is 0 Å². The molecule has 0 saturated carbocycles. The zero-order chi connectivity index (χ0) is 14.1. The van der Waals surface area contributed by atoms with Gasteiger partial charge in [-0.2, -0.15) is 0 Å². The molecule has 0 heteroatoms. The molecule has 0 aliphatic carbocycles. The third kappa shape index (κ3) is 16200. The van der Waals surface area contributed by atoms with E-state index < -0.39 is 0 Å². The summed E-state index contributed by atoms with van der Waals surface area (Å²) in [7, 11) is 0. The highest BCUT2D eigenvalue weighted by Gasteiger charge is 1.57. The van der Waals surface area contributed by atoms with Gasteiger partial charge in [-0.3, -0.25) is 6.92 Å². The van der Waals surface area contributed by atoms with E-state index in [1.165, 1.54) is 0 Å². The van der Waals surface area contributed by atoms with E-state index in [-0.39, 0.29) is 0 Å². The lowest BCUT2D eigenvalue weighted by atomic mass is 10.4. The van der Waals surface area contributed by atoms with Crippen LogP contribution in [0.1, 0.15) is 19.3 Å². The lowest BCUT2D eigenvalue weighted by Gasteiger charge is -1.71. The summed E-state index contributed by atoms with van der Waals surface area (Å²) < 4.78 is 0. The maximum Gasteiger partial charge on any atom is 0.0587 e. The second kappa shape index (κ2) is 602. The zero-order valence-corrected chi connectivity index (χ0v) is 10.6. The zero-order valence-electron chi connectivity index (χ0n) is 10.6. The lowest BCUT2D eigenvalue weighted by Crippen LogP contribution is -1.49. The molecular formula is C15H30. The van der Waals surface area contributed by atoms with Crippen LogP contribution in [0.25, 0.3) is 0 Å². The Morgan fingerprint density at radius 3 is 0.733 bits per heavy atom. The molecule has 0 aliphatic rings. The average molecular weight is 210 g/mol. The predicted molar refractivity (Wildman–Crippen MR) is 80.3 cm³/mol. The molecule has 0 atom stereocenters. The molecule has 15 heavy (non-hydrogen) atoms. The van der Waals surface area contributed by atoms with Crippen molar-refractivity contribution in [2.45, 2.75) is 19.3 Å². The maximum atomic E-state index is 3.54. The summed E-state index contributed by atoms with van der Waals surface area (Å²) in [5.74, 6) is 0. The van der Waals surface area contributed by atoms with Gasteiger partial charge in [0, 0.05) is 6.92 Å². The summed E-state index contributed by atoms with van der Waals surface area (Å²) in [6, 6.07) is 0. The molecule has 0 aromatic rings. The number of rotatable bonds is 1. The first kappa shape index (κ1) is 37.3. The van der Waals surface area contributed by atoms with Crippen LogP contribution in [-0.2, 0) is 0 Å². The summed E-state index contributed by atoms with van der Waals surface area (Å²) in [5.41, 5.74) is 0. The highest BCUT2D eigenvalue weighted by molar-refractivity contribution is 4.38. The molecule has 0 nitrogen and oxygen atoms in total. The molecule has 0 bridgehead atoms. The molecule has 0 N–H and O–H groups in total. The molecule has 0 radical (unpaired) electrons. The molecule has 0 unspecified atom stereocenters. The summed E-state index contributed by atoms with van der Waals surface area (Å²) >= 11 is 0. The van der Waals surface area contributed by atoms with E-state index in [2.05, 4.69) is 80.3 Å². The predicted octanol–water partition coefficient (Wildman–Crippen LogP) is 5.69. The molecule has 0 rings (SSSR count). The van der Waals surface area contributed by atoms with Crippen molar-refractivity contribution in [2.24, 2.45) is 0 Å². The van der Waals surface area contributed by atoms with Crippen LogP contribution in [0.5, 0.6) is 0 Å². The lowest BCUT2D eigenvalue weighted by molar-refractivity contribution is 1.05. The summed E-state index contributed by atoms with van der Waals surface area (Å²) in [5, 5.41) is 0. The van der Waals surface area contributed by atoms with Crippen LogP contribution >= 0.6 is 0 Å². The van der Waals surface area contributed by atoms with E-state index in [4.69, 9.17) is 0 Å². The van der Waals surface area contributed by atoms with Crippen molar-refractivity contribution in [2.75, 3.05) is 0 Å². The first-order valence-electron chi connectivity index (χ1n) is 4.50. The van der Waals surface area contributed by atoms with Gasteiger partial charge >= 0.3 is 0 Å². The Morgan fingerprint density at radius 2 is 0.733 bits per heavy atom. The van der Waals surface area contributed by atoms with Crippen LogP contribution < -0.4 is 0 Å². The van der Waals surface area contributed by atoms with Crippen molar-refractivity contribution < 1.29 is 0 Å². The van der Waals surface area contributed by atoms with E-state index in [9.17, 15) is 0 Å². The third-order valence-corrected chi connectivity index (χ3v) is 0.250. The minimum absolute atomic E-state index is 0.750. The Morgan fingerprint density at radius 1 is 0.667 bits per heavy atom. The van der Waals surface area contributed by atoms with Gasteiger partial charge in [0.25, 0.3) is 0 Å². The summed E-state index contributed by atoms with van der Waals surface area (Å²) in [6.45, 7) is 37.8. The van der Waals surface area contributed by atoms with Crippen molar-refractivity contribution in [3.05, 3.63) is 80.3 Å². The molecular weight excluding hydrogens is 180 g/mol. The van der Waals surface area contributed by atoms with Crippen LogP contribution in [0.15, 0.2) is 52.6 Å². The molecule has 0 aliphatic heterocycles. The van der Waals surface area contributed by atoms with Gasteiger partial charge in [-0.15, -0.1) is 59.1 Å². The van der Waals surface area contributed by atoms with E-state index in [0.717, 1.165) is 19.3 Å². The van der Waals surface area contributed by atoms with Gasteiger partial charge in [-0.25, -0.2) is 0 Å². The Bertz CT molecular complexity index is 29.3. The molecule has 90 valence electrons. The van der Waals surface area contributed by atoms with Crippen molar-refractivity contribution >= 4 is 0 Å². The smallest absolute Gasteiger partial charge is 0.0587 e. The molecule has 0 saturated heterocycles. The van der Waals surface area contributed by atoms with Crippen molar-refractivity contribution in [1.82, 2.24) is 0 Å². The van der Waals surface area contributed by atoms with Crippen LogP contribution in [0, 0.1) is 27.7 Å². The second-order valence-electron chi connectivity index (χ2n) is 1.06. The quantitative estimate of drug-likeness (QED) is 0.385. The van der Waals surface area contributed by atoms with E-state index in [1.807, 2.05) is 0 Å². The van der Waals surface area contributed by atoms with Crippen LogP contribution in [0.2, 0.25) is 0 Å². The first-order valence-corrected chi connectivity index (χ1v) is 4.50. The minimum Gasteiger partial charge on any atom is -0.339 e. The molecule has 0 aromatic carbocycles. The number of hydrogen-bond donors (Lipinski definition) is 0. The van der Waals surface area contributed by atoms with Gasteiger partial charge in [-0.1, -0.05) is 0 Å². The second-order valence-corrected chi connectivity index (χ2v) is 1.06. The summed E-state index contributed by atoms with van der Waals surface area (Å²) in [4.78, 5) is 0. The van der Waals surface area contributed by atoms with Gasteiger partial charge in [0.05, 0.1) is 13.3 Å². The topological polar surface area (TPSA) is 0 Å². The van der Waals surface area contributed by atoms with Crippen molar-refractivity contribution in [3.8, 4) is 0 Å². The van der Waals surface area contributed by atoms with Gasteiger partial charge in [0.1, 0.15) is 0 Å². The van der Waals surface area contributed by atoms with Crippen LogP contribution in [-0.4, -0.2) is 0 Å². The normalized spacial score (nSPS) is 4.13. The molecule has 0 amide bonds. The molecule has 0 spiro atoms. The fraction of sp³-hybridized carbons (Fsp3) is 0.200. The highest BCUT2D eigenvalue weighted by Crippen LogP contribution is 1.75. The molecule has 0 fully saturated rings. The number of unbranched alkanes of at least 4 members (excludes halogenated alkanes) is 1. The minimum atomic E-state index is 0.750. The van der Waals surface area contributed by atoms with Crippen molar-refractivity contribution in [1.29, 1.82) is 0 Å². The standard InChI is InChI=1S/C4H8.C3H6.4C2H4/c1-3-4-2;1-3-2;4*1-2/h1-4H2;1-3H2;4*1-2H2. The maximum absolute atomic E-state index is 3.54. The van der Waals surface area contributed by atoms with Gasteiger partial charge in [0.2, 0.25) is 0 Å². The van der Waals surface area contributed by atoms with Crippen LogP contribution in [0.4, 0.5) is 0 Å². The molecule has 0 heterocycles. The fourth-order valence-corrected chi connectivity index (χ4v) is 0. The van der Waals surface area contributed by atoms with Crippen molar-refractivity contribution in [3.63, 3.8) is 0 Å². The monoisotopic (exact) mass is 210 g/mol. The fourth-order valence-electron chi connectivity index (χ4n) is 0.